The summed E-state index contributed by atoms with van der Waals surface area (Å²) in [5, 5.41) is 9.09. The van der Waals surface area contributed by atoms with E-state index in [-0.39, 0.29) is 11.9 Å². The predicted molar refractivity (Wildman–Crippen MR) is 74.1 cm³/mol. The summed E-state index contributed by atoms with van der Waals surface area (Å²) >= 11 is 0. The lowest BCUT2D eigenvalue weighted by Gasteiger charge is -2.45. The van der Waals surface area contributed by atoms with Gasteiger partial charge in [-0.15, -0.1) is 0 Å². The van der Waals surface area contributed by atoms with Crippen molar-refractivity contribution in [3.63, 3.8) is 0 Å². The van der Waals surface area contributed by atoms with Crippen molar-refractivity contribution in [3.05, 3.63) is 0 Å². The van der Waals surface area contributed by atoms with Gasteiger partial charge in [0.05, 0.1) is 19.8 Å². The van der Waals surface area contributed by atoms with Gasteiger partial charge in [0.15, 0.2) is 0 Å². The minimum absolute atomic E-state index is 0.0683. The Morgan fingerprint density at radius 3 is 2.67 bits per heavy atom. The second-order valence-electron chi connectivity index (χ2n) is 5.79. The number of rotatable bonds is 2. The van der Waals surface area contributed by atoms with Crippen LogP contribution >= 0.6 is 0 Å². The van der Waals surface area contributed by atoms with Crippen LogP contribution in [0, 0.1) is 29.1 Å². The number of ether oxygens (including phenoxy) is 2. The molecule has 0 aromatic carbocycles. The Bertz CT molecular complexity index is 445. The van der Waals surface area contributed by atoms with Crippen LogP contribution in [0.3, 0.4) is 0 Å². The number of hydrogen-bond donors (Lipinski definition) is 0. The van der Waals surface area contributed by atoms with Gasteiger partial charge < -0.3 is 9.47 Å². The molecule has 1 aliphatic carbocycles. The fourth-order valence-electron chi connectivity index (χ4n) is 3.55. The molecule has 6 nitrogen and oxygen atoms in total. The molecule has 0 aromatic rings. The molecule has 1 amide bonds. The van der Waals surface area contributed by atoms with Gasteiger partial charge >= 0.3 is 12.1 Å². The van der Waals surface area contributed by atoms with Crippen LogP contribution in [-0.4, -0.2) is 43.3 Å². The molecule has 0 unspecified atom stereocenters. The average molecular weight is 294 g/mol. The number of esters is 1. The third kappa shape index (κ3) is 3.29. The van der Waals surface area contributed by atoms with E-state index in [1.165, 1.54) is 12.0 Å². The normalized spacial score (nSPS) is 31.8. The fraction of sp³-hybridized carbons (Fsp3) is 0.800. The molecule has 2 aliphatic rings. The number of carbonyl (C=O) groups is 2. The second kappa shape index (κ2) is 6.79. The molecule has 6 heteroatoms. The highest BCUT2D eigenvalue weighted by Gasteiger charge is 2.44. The molecule has 4 atom stereocenters. The van der Waals surface area contributed by atoms with Gasteiger partial charge in [-0.1, -0.05) is 0 Å². The lowest BCUT2D eigenvalue weighted by molar-refractivity contribution is -0.152. The minimum atomic E-state index is -0.587. The standard InChI is InChI=1S/C15H22N2O4/c1-3-21-14(18)13-7-12-6-10(8-16)4-5-11(12)9-17(13)15(19)20-2/h10-13H,3-7,9H2,1-2H3/t10-,11+,12-,13+/m0/s1. The minimum Gasteiger partial charge on any atom is -0.464 e. The van der Waals surface area contributed by atoms with Crippen LogP contribution in [0.1, 0.15) is 32.6 Å². The van der Waals surface area contributed by atoms with Crippen molar-refractivity contribution in [1.82, 2.24) is 4.90 Å². The summed E-state index contributed by atoms with van der Waals surface area (Å²) in [6.07, 6.45) is 2.69. The van der Waals surface area contributed by atoms with E-state index < -0.39 is 12.1 Å². The lowest BCUT2D eigenvalue weighted by Crippen LogP contribution is -2.55. The summed E-state index contributed by atoms with van der Waals surface area (Å²) < 4.78 is 9.88. The lowest BCUT2D eigenvalue weighted by atomic mass is 9.69. The molecule has 21 heavy (non-hydrogen) atoms. The van der Waals surface area contributed by atoms with Gasteiger partial charge in [-0.25, -0.2) is 9.59 Å². The first-order valence-corrected chi connectivity index (χ1v) is 7.51. The number of nitrogens with zero attached hydrogens (tertiary/aromatic N) is 2. The van der Waals surface area contributed by atoms with Gasteiger partial charge in [0, 0.05) is 12.5 Å². The van der Waals surface area contributed by atoms with Crippen LogP contribution in [0.25, 0.3) is 0 Å². The second-order valence-corrected chi connectivity index (χ2v) is 5.79. The van der Waals surface area contributed by atoms with Crippen LogP contribution in [-0.2, 0) is 14.3 Å². The van der Waals surface area contributed by atoms with E-state index in [1.54, 1.807) is 6.92 Å². The first-order valence-electron chi connectivity index (χ1n) is 7.51. The number of nitriles is 1. The van der Waals surface area contributed by atoms with Gasteiger partial charge in [0.2, 0.25) is 0 Å². The Balaban J connectivity index is 2.14. The molecule has 116 valence electrons. The summed E-state index contributed by atoms with van der Waals surface area (Å²) in [5.74, 6) is 0.345. The number of likely N-dealkylation sites (tertiary alicyclic amines) is 1. The Morgan fingerprint density at radius 2 is 2.05 bits per heavy atom. The maximum Gasteiger partial charge on any atom is 0.410 e. The maximum atomic E-state index is 12.1. The molecular weight excluding hydrogens is 272 g/mol. The van der Waals surface area contributed by atoms with Crippen LogP contribution in [0.2, 0.25) is 0 Å². The molecule has 2 fully saturated rings. The van der Waals surface area contributed by atoms with Crippen LogP contribution in [0.4, 0.5) is 4.79 Å². The van der Waals surface area contributed by atoms with E-state index in [1.807, 2.05) is 0 Å². The number of amides is 1. The highest BCUT2D eigenvalue weighted by atomic mass is 16.6. The highest BCUT2D eigenvalue weighted by Crippen LogP contribution is 2.41. The van der Waals surface area contributed by atoms with E-state index in [9.17, 15) is 9.59 Å². The summed E-state index contributed by atoms with van der Waals surface area (Å²) in [7, 11) is 1.32. The molecule has 1 heterocycles. The van der Waals surface area contributed by atoms with Crippen LogP contribution < -0.4 is 0 Å². The molecule has 0 spiro atoms. The molecule has 1 aliphatic heterocycles. The van der Waals surface area contributed by atoms with Crippen LogP contribution in [0.5, 0.6) is 0 Å². The maximum absolute atomic E-state index is 12.1. The van der Waals surface area contributed by atoms with E-state index >= 15 is 0 Å². The van der Waals surface area contributed by atoms with Gasteiger partial charge in [-0.05, 0) is 44.4 Å². The van der Waals surface area contributed by atoms with Gasteiger partial charge in [0.1, 0.15) is 6.04 Å². The molecule has 0 aromatic heterocycles. The van der Waals surface area contributed by atoms with E-state index in [0.29, 0.717) is 31.4 Å². The Morgan fingerprint density at radius 1 is 1.29 bits per heavy atom. The van der Waals surface area contributed by atoms with Gasteiger partial charge in [-0.2, -0.15) is 5.26 Å². The van der Waals surface area contributed by atoms with Gasteiger partial charge in [-0.3, -0.25) is 4.90 Å². The number of carbonyl (C=O) groups excluding carboxylic acids is 2. The average Bonchev–Trinajstić information content (AvgIpc) is 2.52. The molecule has 1 saturated carbocycles. The fourth-order valence-corrected chi connectivity index (χ4v) is 3.55. The molecular formula is C15H22N2O4. The van der Waals surface area contributed by atoms with Crippen molar-refractivity contribution in [2.24, 2.45) is 17.8 Å². The third-order valence-electron chi connectivity index (χ3n) is 4.62. The molecule has 0 bridgehead atoms. The number of methoxy groups -OCH3 is 1. The number of fused-ring (bicyclic) bond motifs is 1. The highest BCUT2D eigenvalue weighted by molar-refractivity contribution is 5.81. The first-order chi connectivity index (χ1) is 10.1. The quantitative estimate of drug-likeness (QED) is 0.727. The van der Waals surface area contributed by atoms with Crippen molar-refractivity contribution < 1.29 is 19.1 Å². The molecule has 2 rings (SSSR count). The summed E-state index contributed by atoms with van der Waals surface area (Å²) in [4.78, 5) is 25.5. The summed E-state index contributed by atoms with van der Waals surface area (Å²) in [5.41, 5.74) is 0. The Hall–Kier alpha value is -1.77. The number of piperidine rings is 1. The molecule has 0 radical (unpaired) electrons. The van der Waals surface area contributed by atoms with Crippen LogP contribution in [0.15, 0.2) is 0 Å². The molecule has 0 N–H and O–H groups in total. The summed E-state index contributed by atoms with van der Waals surface area (Å²) in [6, 6.07) is 1.74. The van der Waals surface area contributed by atoms with Crippen molar-refractivity contribution in [1.29, 1.82) is 5.26 Å². The SMILES string of the molecule is CCOC(=O)[C@H]1C[C@@H]2C[C@@H](C#N)CC[C@@H]2CN1C(=O)OC. The Kier molecular flexibility index (Phi) is 5.05. The van der Waals surface area contributed by atoms with Crippen molar-refractivity contribution in [2.45, 2.75) is 38.6 Å². The van der Waals surface area contributed by atoms with Crippen molar-refractivity contribution >= 4 is 12.1 Å². The zero-order chi connectivity index (χ0) is 15.4. The van der Waals surface area contributed by atoms with E-state index in [4.69, 9.17) is 14.7 Å². The van der Waals surface area contributed by atoms with Crippen molar-refractivity contribution in [3.8, 4) is 6.07 Å². The molecule has 1 saturated heterocycles. The largest absolute Gasteiger partial charge is 0.464 e. The Labute approximate surface area is 125 Å². The van der Waals surface area contributed by atoms with Gasteiger partial charge in [0.25, 0.3) is 0 Å². The third-order valence-corrected chi connectivity index (χ3v) is 4.62. The number of hydrogen-bond acceptors (Lipinski definition) is 5. The van der Waals surface area contributed by atoms with E-state index in [0.717, 1.165) is 19.3 Å². The predicted octanol–water partition coefficient (Wildman–Crippen LogP) is 1.95. The van der Waals surface area contributed by atoms with E-state index in [2.05, 4.69) is 6.07 Å². The topological polar surface area (TPSA) is 79.6 Å². The summed E-state index contributed by atoms with van der Waals surface area (Å²) in [6.45, 7) is 2.55. The smallest absolute Gasteiger partial charge is 0.410 e. The van der Waals surface area contributed by atoms with Crippen molar-refractivity contribution in [2.75, 3.05) is 20.3 Å². The first kappa shape index (κ1) is 15.6. The zero-order valence-corrected chi connectivity index (χ0v) is 12.6. The zero-order valence-electron chi connectivity index (χ0n) is 12.6. The monoisotopic (exact) mass is 294 g/mol.